The minimum atomic E-state index is -0.104. The highest BCUT2D eigenvalue weighted by molar-refractivity contribution is 6.31. The van der Waals surface area contributed by atoms with Crippen LogP contribution in [0.5, 0.6) is 34.5 Å². The number of para-hydroxylation sites is 1. The molecule has 100 heavy (non-hydrogen) atoms. The highest BCUT2D eigenvalue weighted by atomic mass is 35.5. The molecule has 10 aromatic rings. The summed E-state index contributed by atoms with van der Waals surface area (Å²) in [6.45, 7) is 56.4. The van der Waals surface area contributed by atoms with E-state index in [0.29, 0.717) is 5.41 Å². The lowest BCUT2D eigenvalue weighted by Gasteiger charge is -2.20. The molecule has 0 saturated carbocycles. The summed E-state index contributed by atoms with van der Waals surface area (Å²) in [5, 5.41) is 0.850. The standard InChI is InChI=1S/2C17H20O.C16H18O.C11H15Cl.C11H15F.2C11H16.CH4/c1-13-5-9-15(10-6-13)18-16-11-7-14(8-12-16)17(2,3)4;1-13-8-10-15(11-9-13)18-16-7-5-6-14(12-16)17(2,3)4;1-16(2,3)13-9-11-15(12-10-13)17-14-7-5-4-6-8-14;1-8-7-9(11(2,3)4)5-6-10(8)12;1-8-5-6-10(12)9(7-8)11(2,3)4;1-9-6-5-7-10(8-9)11(2,3)4;1-11(2,3)9-10-7-5-4-6-8-10;/h2*5-12H,1-4H3;4-12H,1-3H3;2*5-7H,1-4H3;5-8H,1-4H3;4-8H,9H2,1-3H3;1H4. The van der Waals surface area contributed by atoms with Gasteiger partial charge in [0.25, 0.3) is 0 Å². The van der Waals surface area contributed by atoms with Crippen molar-refractivity contribution in [1.82, 2.24) is 0 Å². The van der Waals surface area contributed by atoms with E-state index < -0.39 is 0 Å². The van der Waals surface area contributed by atoms with E-state index in [1.165, 1.54) is 56.1 Å². The average molecular weight is 1370 g/mol. The lowest BCUT2D eigenvalue weighted by Crippen LogP contribution is -2.13. The largest absolute Gasteiger partial charge is 0.457 e. The Morgan fingerprint density at radius 2 is 0.600 bits per heavy atom. The molecule has 0 aromatic heterocycles. The molecule has 0 heterocycles. The Morgan fingerprint density at radius 3 is 0.960 bits per heavy atom. The first kappa shape index (κ1) is 86.0. The molecule has 0 bridgehead atoms. The third kappa shape index (κ3) is 32.9. The molecule has 0 amide bonds. The summed E-state index contributed by atoms with van der Waals surface area (Å²) < 4.78 is 30.7. The van der Waals surface area contributed by atoms with Gasteiger partial charge >= 0.3 is 0 Å². The zero-order valence-electron chi connectivity index (χ0n) is 65.3. The minimum absolute atomic E-state index is 0. The molecule has 10 aromatic carbocycles. The van der Waals surface area contributed by atoms with Crippen LogP contribution in [0.25, 0.3) is 0 Å². The molecule has 0 radical (unpaired) electrons. The first-order chi connectivity index (χ1) is 45.8. The van der Waals surface area contributed by atoms with Gasteiger partial charge in [0.15, 0.2) is 0 Å². The molecule has 0 aliphatic carbocycles. The summed E-state index contributed by atoms with van der Waals surface area (Å²) in [6.07, 6.45) is 1.16. The molecule has 0 aliphatic rings. The van der Waals surface area contributed by atoms with E-state index in [1.807, 2.05) is 138 Å². The van der Waals surface area contributed by atoms with Crippen LogP contribution < -0.4 is 14.2 Å². The number of hydrogen-bond acceptors (Lipinski definition) is 3. The molecule has 0 fully saturated rings. The van der Waals surface area contributed by atoms with Gasteiger partial charge in [-0.1, -0.05) is 344 Å². The molecular weight excluding hydrogens is 1240 g/mol. The van der Waals surface area contributed by atoms with Crippen LogP contribution in [-0.2, 0) is 38.9 Å². The number of rotatable bonds is 7. The molecule has 0 aliphatic heterocycles. The number of aryl methyl sites for hydroxylation is 5. The van der Waals surface area contributed by atoms with Crippen LogP contribution in [0.4, 0.5) is 4.39 Å². The van der Waals surface area contributed by atoms with Gasteiger partial charge in [0.2, 0.25) is 0 Å². The van der Waals surface area contributed by atoms with E-state index in [9.17, 15) is 4.39 Å². The lowest BCUT2D eigenvalue weighted by molar-refractivity contribution is 0.411. The van der Waals surface area contributed by atoms with E-state index in [-0.39, 0.29) is 45.7 Å². The van der Waals surface area contributed by atoms with Crippen molar-refractivity contribution in [3.8, 4) is 34.5 Å². The molecule has 5 heteroatoms. The van der Waals surface area contributed by atoms with Crippen molar-refractivity contribution >= 4 is 11.6 Å². The van der Waals surface area contributed by atoms with Gasteiger partial charge in [0.05, 0.1) is 0 Å². The predicted octanol–water partition coefficient (Wildman–Crippen LogP) is 29.5. The Labute approximate surface area is 613 Å². The quantitative estimate of drug-likeness (QED) is 0.159. The normalized spacial score (nSPS) is 11.4. The smallest absolute Gasteiger partial charge is 0.127 e. The number of benzene rings is 10. The molecule has 10 rings (SSSR count). The van der Waals surface area contributed by atoms with Crippen LogP contribution in [0.15, 0.2) is 243 Å². The first-order valence-electron chi connectivity index (χ1n) is 35.0. The topological polar surface area (TPSA) is 27.7 Å². The zero-order valence-corrected chi connectivity index (χ0v) is 66.0. The van der Waals surface area contributed by atoms with E-state index in [2.05, 4.69) is 273 Å². The van der Waals surface area contributed by atoms with Crippen molar-refractivity contribution in [3.05, 3.63) is 320 Å². The molecule has 0 saturated heterocycles. The van der Waals surface area contributed by atoms with Gasteiger partial charge in [-0.15, -0.1) is 0 Å². The minimum Gasteiger partial charge on any atom is -0.457 e. The fraction of sp³-hybridized carbons (Fsp3) is 0.368. The SMILES string of the molecule is C.CC(C)(C)Cc1ccccc1.CC(C)(C)c1ccc(Oc2ccccc2)cc1.Cc1cc(C(C)(C)C)ccc1Cl.Cc1ccc(F)c(C(C)(C)C)c1.Cc1ccc(Oc2ccc(C(C)(C)C)cc2)cc1.Cc1ccc(Oc2cccc(C(C)(C)C)c2)cc1.Cc1cccc(C(C)(C)C)c1. The molecule has 0 spiro atoms. The second-order valence-corrected chi connectivity index (χ2v) is 33.8. The van der Waals surface area contributed by atoms with Crippen LogP contribution in [-0.4, -0.2) is 0 Å². The van der Waals surface area contributed by atoms with Gasteiger partial charge in [-0.2, -0.15) is 0 Å². The van der Waals surface area contributed by atoms with Crippen molar-refractivity contribution < 1.29 is 18.6 Å². The highest BCUT2D eigenvalue weighted by Gasteiger charge is 2.20. The molecular formula is C95H124ClFO3. The third-order valence-corrected chi connectivity index (χ3v) is 16.5. The van der Waals surface area contributed by atoms with Gasteiger partial charge in [-0.05, 0) is 208 Å². The summed E-state index contributed by atoms with van der Waals surface area (Å²) in [4.78, 5) is 0. The third-order valence-electron chi connectivity index (χ3n) is 16.0. The second kappa shape index (κ2) is 38.6. The Morgan fingerprint density at radius 1 is 0.280 bits per heavy atom. The van der Waals surface area contributed by atoms with Crippen LogP contribution >= 0.6 is 11.6 Å². The van der Waals surface area contributed by atoms with Gasteiger partial charge in [-0.3, -0.25) is 0 Å². The van der Waals surface area contributed by atoms with Gasteiger partial charge in [0, 0.05) is 5.02 Å². The summed E-state index contributed by atoms with van der Waals surface area (Å²) in [6, 6.07) is 81.7. The Balaban J connectivity index is 0.000000306. The first-order valence-corrected chi connectivity index (χ1v) is 35.4. The molecule has 0 unspecified atom stereocenters. The summed E-state index contributed by atoms with van der Waals surface area (Å²) >= 11 is 5.93. The van der Waals surface area contributed by atoms with Crippen molar-refractivity contribution in [2.24, 2.45) is 5.41 Å². The molecule has 0 N–H and O–H groups in total. The Kier molecular flexibility index (Phi) is 33.2. The lowest BCUT2D eigenvalue weighted by atomic mass is 9.86. The van der Waals surface area contributed by atoms with E-state index in [1.54, 1.807) is 6.07 Å². The molecule has 3 nitrogen and oxygen atoms in total. The van der Waals surface area contributed by atoms with Crippen molar-refractivity contribution in [2.75, 3.05) is 0 Å². The van der Waals surface area contributed by atoms with Crippen molar-refractivity contribution in [2.45, 2.75) is 226 Å². The fourth-order valence-corrected chi connectivity index (χ4v) is 9.94. The van der Waals surface area contributed by atoms with Crippen LogP contribution in [0.1, 0.15) is 220 Å². The van der Waals surface area contributed by atoms with Gasteiger partial charge < -0.3 is 14.2 Å². The summed E-state index contributed by atoms with van der Waals surface area (Å²) in [5.74, 6) is 5.18. The Hall–Kier alpha value is -8.18. The maximum absolute atomic E-state index is 13.3. The van der Waals surface area contributed by atoms with Crippen LogP contribution in [0.2, 0.25) is 5.02 Å². The number of halogens is 2. The number of ether oxygens (including phenoxy) is 3. The van der Waals surface area contributed by atoms with E-state index in [4.69, 9.17) is 25.8 Å². The maximum Gasteiger partial charge on any atom is 0.127 e. The van der Waals surface area contributed by atoms with Crippen LogP contribution in [0.3, 0.4) is 0 Å². The van der Waals surface area contributed by atoms with E-state index in [0.717, 1.165) is 62.6 Å². The molecule has 0 atom stereocenters. The van der Waals surface area contributed by atoms with Gasteiger partial charge in [0.1, 0.15) is 40.3 Å². The predicted molar refractivity (Wildman–Crippen MR) is 435 cm³/mol. The van der Waals surface area contributed by atoms with Crippen LogP contribution in [0, 0.1) is 45.9 Å². The fourth-order valence-electron chi connectivity index (χ4n) is 9.83. The summed E-state index contributed by atoms with van der Waals surface area (Å²) in [5.41, 5.74) is 16.3. The zero-order chi connectivity index (χ0) is 74.2. The van der Waals surface area contributed by atoms with E-state index >= 15 is 0 Å². The van der Waals surface area contributed by atoms with Gasteiger partial charge in [-0.25, -0.2) is 4.39 Å². The number of hydrogen-bond donors (Lipinski definition) is 0. The highest BCUT2D eigenvalue weighted by Crippen LogP contribution is 2.33. The second-order valence-electron chi connectivity index (χ2n) is 33.4. The average Bonchev–Trinajstić information content (AvgIpc) is 0.857. The molecule has 536 valence electrons. The maximum atomic E-state index is 13.3. The Bertz CT molecular complexity index is 3950. The monoisotopic (exact) mass is 1370 g/mol. The van der Waals surface area contributed by atoms with Crippen molar-refractivity contribution in [1.29, 1.82) is 0 Å². The summed E-state index contributed by atoms with van der Waals surface area (Å²) in [7, 11) is 0. The van der Waals surface area contributed by atoms with Crippen molar-refractivity contribution in [3.63, 3.8) is 0 Å².